The Hall–Kier alpha value is -2.30. The van der Waals surface area contributed by atoms with Crippen molar-refractivity contribution in [1.29, 1.82) is 0 Å². The summed E-state index contributed by atoms with van der Waals surface area (Å²) >= 11 is 0. The van der Waals surface area contributed by atoms with E-state index in [0.29, 0.717) is 19.7 Å². The average molecular weight is 345 g/mol. The first-order valence-electron chi connectivity index (χ1n) is 8.64. The highest BCUT2D eigenvalue weighted by atomic mass is 16.6. The molecule has 1 aliphatic heterocycles. The van der Waals surface area contributed by atoms with E-state index in [2.05, 4.69) is 6.07 Å². The zero-order valence-corrected chi connectivity index (χ0v) is 15.7. The highest BCUT2D eigenvalue weighted by Crippen LogP contribution is 2.25. The van der Waals surface area contributed by atoms with Crippen LogP contribution in [0, 0.1) is 0 Å². The van der Waals surface area contributed by atoms with Gasteiger partial charge in [-0.3, -0.25) is 0 Å². The second-order valence-corrected chi connectivity index (χ2v) is 7.21. The van der Waals surface area contributed by atoms with Crippen LogP contribution in [0.5, 0.6) is 0 Å². The molecule has 0 fully saturated rings. The molecule has 0 aliphatic carbocycles. The number of carbonyl (C=O) groups excluding carboxylic acids is 2. The highest BCUT2D eigenvalue weighted by molar-refractivity contribution is 5.91. The molecule has 0 spiro atoms. The Balaban J connectivity index is 2.11. The van der Waals surface area contributed by atoms with Crippen molar-refractivity contribution < 1.29 is 19.1 Å². The molecule has 1 aliphatic rings. The van der Waals surface area contributed by atoms with Crippen molar-refractivity contribution in [3.05, 3.63) is 41.0 Å². The molecule has 0 unspecified atom stereocenters. The topological polar surface area (TPSA) is 55.8 Å². The van der Waals surface area contributed by atoms with E-state index in [0.717, 1.165) is 23.1 Å². The van der Waals surface area contributed by atoms with Gasteiger partial charge in [0.1, 0.15) is 5.60 Å². The Morgan fingerprint density at radius 1 is 1.24 bits per heavy atom. The standard InChI is InChI=1S/C20H27NO4/c1-6-24-18(22)11-14(2)15-7-8-17-13-21(10-9-16(17)12-15)19(23)25-20(3,4)5/h7-8,11-12H,6,9-10,13H2,1-5H3/b14-11-. The molecular weight excluding hydrogens is 318 g/mol. The summed E-state index contributed by atoms with van der Waals surface area (Å²) in [6.07, 6.45) is 2.01. The molecule has 1 heterocycles. The van der Waals surface area contributed by atoms with Gasteiger partial charge in [0.25, 0.3) is 0 Å². The van der Waals surface area contributed by atoms with Crippen molar-refractivity contribution in [2.45, 2.75) is 53.2 Å². The first-order valence-corrected chi connectivity index (χ1v) is 8.64. The fraction of sp³-hybridized carbons (Fsp3) is 0.500. The first-order chi connectivity index (χ1) is 11.7. The van der Waals surface area contributed by atoms with Gasteiger partial charge in [0.05, 0.1) is 6.61 Å². The molecule has 5 heteroatoms. The third-order valence-electron chi connectivity index (χ3n) is 3.95. The molecule has 136 valence electrons. The molecule has 0 radical (unpaired) electrons. The van der Waals surface area contributed by atoms with Gasteiger partial charge in [-0.15, -0.1) is 0 Å². The molecule has 0 atom stereocenters. The number of hydrogen-bond acceptors (Lipinski definition) is 4. The van der Waals surface area contributed by atoms with Crippen LogP contribution in [-0.2, 0) is 27.2 Å². The molecule has 0 saturated heterocycles. The molecule has 0 saturated carbocycles. The summed E-state index contributed by atoms with van der Waals surface area (Å²) < 4.78 is 10.4. The molecule has 1 aromatic carbocycles. The number of allylic oxidation sites excluding steroid dienone is 1. The maximum Gasteiger partial charge on any atom is 0.410 e. The van der Waals surface area contributed by atoms with Gasteiger partial charge < -0.3 is 14.4 Å². The van der Waals surface area contributed by atoms with Crippen molar-refractivity contribution in [2.24, 2.45) is 0 Å². The van der Waals surface area contributed by atoms with Crippen LogP contribution in [-0.4, -0.2) is 35.7 Å². The van der Waals surface area contributed by atoms with Crippen LogP contribution in [0.4, 0.5) is 4.79 Å². The summed E-state index contributed by atoms with van der Waals surface area (Å²) in [5, 5.41) is 0. The van der Waals surface area contributed by atoms with Gasteiger partial charge in [0.2, 0.25) is 0 Å². The third kappa shape index (κ3) is 5.34. The predicted molar refractivity (Wildman–Crippen MR) is 97.1 cm³/mol. The lowest BCUT2D eigenvalue weighted by molar-refractivity contribution is -0.137. The largest absolute Gasteiger partial charge is 0.463 e. The van der Waals surface area contributed by atoms with Crippen LogP contribution >= 0.6 is 0 Å². The van der Waals surface area contributed by atoms with E-state index in [9.17, 15) is 9.59 Å². The zero-order chi connectivity index (χ0) is 18.6. The Morgan fingerprint density at radius 2 is 1.96 bits per heavy atom. The minimum Gasteiger partial charge on any atom is -0.463 e. The van der Waals surface area contributed by atoms with E-state index in [1.54, 1.807) is 11.8 Å². The lowest BCUT2D eigenvalue weighted by Gasteiger charge is -2.31. The minimum atomic E-state index is -0.490. The number of hydrogen-bond donors (Lipinski definition) is 0. The highest BCUT2D eigenvalue weighted by Gasteiger charge is 2.25. The summed E-state index contributed by atoms with van der Waals surface area (Å²) in [6.45, 7) is 10.8. The number of amides is 1. The Bertz CT molecular complexity index is 685. The molecular formula is C20H27NO4. The molecule has 0 bridgehead atoms. The monoisotopic (exact) mass is 345 g/mol. The van der Waals surface area contributed by atoms with E-state index < -0.39 is 5.60 Å². The van der Waals surface area contributed by atoms with Crippen LogP contribution < -0.4 is 0 Å². The maximum atomic E-state index is 12.2. The predicted octanol–water partition coefficient (Wildman–Crippen LogP) is 3.95. The number of benzene rings is 1. The lowest BCUT2D eigenvalue weighted by atomic mass is 9.95. The van der Waals surface area contributed by atoms with Crippen molar-refractivity contribution in [1.82, 2.24) is 4.90 Å². The average Bonchev–Trinajstić information content (AvgIpc) is 2.52. The molecule has 0 N–H and O–H groups in total. The summed E-state index contributed by atoms with van der Waals surface area (Å²) in [5.41, 5.74) is 3.70. The van der Waals surface area contributed by atoms with Gasteiger partial charge in [0, 0.05) is 19.2 Å². The third-order valence-corrected chi connectivity index (χ3v) is 3.95. The number of esters is 1. The van der Waals surface area contributed by atoms with Gasteiger partial charge in [-0.25, -0.2) is 9.59 Å². The minimum absolute atomic E-state index is 0.277. The van der Waals surface area contributed by atoms with Crippen molar-refractivity contribution in [3.8, 4) is 0 Å². The maximum absolute atomic E-state index is 12.2. The number of ether oxygens (including phenoxy) is 2. The first kappa shape index (κ1) is 19.0. The number of carbonyl (C=O) groups is 2. The molecule has 0 aromatic heterocycles. The fourth-order valence-electron chi connectivity index (χ4n) is 2.72. The molecule has 5 nitrogen and oxygen atoms in total. The van der Waals surface area contributed by atoms with E-state index in [1.807, 2.05) is 39.8 Å². The van der Waals surface area contributed by atoms with E-state index in [4.69, 9.17) is 9.47 Å². The van der Waals surface area contributed by atoms with Crippen molar-refractivity contribution >= 4 is 17.6 Å². The Kier molecular flexibility index (Phi) is 5.88. The fourth-order valence-corrected chi connectivity index (χ4v) is 2.72. The zero-order valence-electron chi connectivity index (χ0n) is 15.7. The van der Waals surface area contributed by atoms with Crippen LogP contribution in [0.3, 0.4) is 0 Å². The van der Waals surface area contributed by atoms with Crippen molar-refractivity contribution in [3.63, 3.8) is 0 Å². The summed E-state index contributed by atoms with van der Waals surface area (Å²) in [6, 6.07) is 6.08. The van der Waals surface area contributed by atoms with Gasteiger partial charge in [0.15, 0.2) is 0 Å². The van der Waals surface area contributed by atoms with Crippen LogP contribution in [0.1, 0.15) is 51.3 Å². The SMILES string of the molecule is CCOC(=O)/C=C(/C)c1ccc2c(c1)CCN(C(=O)OC(C)(C)C)C2. The normalized spacial score (nSPS) is 14.8. The Morgan fingerprint density at radius 3 is 2.60 bits per heavy atom. The molecule has 1 amide bonds. The lowest BCUT2D eigenvalue weighted by Crippen LogP contribution is -2.39. The van der Waals surface area contributed by atoms with Gasteiger partial charge >= 0.3 is 12.1 Å². The van der Waals surface area contributed by atoms with Gasteiger partial charge in [-0.2, -0.15) is 0 Å². The van der Waals surface area contributed by atoms with E-state index >= 15 is 0 Å². The summed E-state index contributed by atoms with van der Waals surface area (Å²) in [7, 11) is 0. The van der Waals surface area contributed by atoms with Crippen LogP contribution in [0.2, 0.25) is 0 Å². The van der Waals surface area contributed by atoms with Gasteiger partial charge in [-0.1, -0.05) is 18.2 Å². The second-order valence-electron chi connectivity index (χ2n) is 7.21. The number of nitrogens with zero attached hydrogens (tertiary/aromatic N) is 1. The van der Waals surface area contributed by atoms with Crippen LogP contribution in [0.25, 0.3) is 5.57 Å². The summed E-state index contributed by atoms with van der Waals surface area (Å²) in [5.74, 6) is -0.325. The second kappa shape index (κ2) is 7.72. The molecule has 25 heavy (non-hydrogen) atoms. The molecule has 1 aromatic rings. The number of rotatable bonds is 3. The van der Waals surface area contributed by atoms with E-state index in [-0.39, 0.29) is 12.1 Å². The van der Waals surface area contributed by atoms with Gasteiger partial charge in [-0.05, 0) is 63.3 Å². The smallest absolute Gasteiger partial charge is 0.410 e. The van der Waals surface area contributed by atoms with E-state index in [1.165, 1.54) is 11.6 Å². The Labute approximate surface area is 149 Å². The molecule has 2 rings (SSSR count). The van der Waals surface area contributed by atoms with Crippen LogP contribution in [0.15, 0.2) is 24.3 Å². The number of fused-ring (bicyclic) bond motifs is 1. The summed E-state index contributed by atoms with van der Waals surface area (Å²) in [4.78, 5) is 25.5. The quantitative estimate of drug-likeness (QED) is 0.615. The van der Waals surface area contributed by atoms with Crippen molar-refractivity contribution in [2.75, 3.05) is 13.2 Å².